The van der Waals surface area contributed by atoms with Gasteiger partial charge in [-0.1, -0.05) is 50.3 Å². The van der Waals surface area contributed by atoms with Crippen molar-refractivity contribution in [1.82, 2.24) is 10.2 Å². The summed E-state index contributed by atoms with van der Waals surface area (Å²) in [6.07, 6.45) is 2.96. The van der Waals surface area contributed by atoms with E-state index < -0.39 is 6.04 Å². The third-order valence-electron chi connectivity index (χ3n) is 3.96. The van der Waals surface area contributed by atoms with Crippen molar-refractivity contribution in [2.45, 2.75) is 33.2 Å². The molecule has 0 aliphatic carbocycles. The number of carbonyl (C=O) groups excluding carboxylic acids is 2. The second kappa shape index (κ2) is 7.25. The van der Waals surface area contributed by atoms with Crippen LogP contribution in [0, 0.1) is 5.92 Å². The summed E-state index contributed by atoms with van der Waals surface area (Å²) in [6.45, 7) is 6.65. The lowest BCUT2D eigenvalue weighted by molar-refractivity contribution is -0.136. The molecule has 1 N–H and O–H groups in total. The maximum atomic E-state index is 12.6. The predicted molar refractivity (Wildman–Crippen MR) is 88.1 cm³/mol. The first kappa shape index (κ1) is 16.3. The molecule has 2 amide bonds. The quantitative estimate of drug-likeness (QED) is 0.928. The van der Waals surface area contributed by atoms with Crippen LogP contribution in [0.3, 0.4) is 0 Å². The lowest BCUT2D eigenvalue weighted by Crippen LogP contribution is -2.51. The van der Waals surface area contributed by atoms with E-state index >= 15 is 0 Å². The average Bonchev–Trinajstić information content (AvgIpc) is 2.52. The topological polar surface area (TPSA) is 49.4 Å². The van der Waals surface area contributed by atoms with Crippen LogP contribution in [0.1, 0.15) is 32.8 Å². The predicted octanol–water partition coefficient (Wildman–Crippen LogP) is 2.46. The van der Waals surface area contributed by atoms with Gasteiger partial charge in [-0.3, -0.25) is 9.59 Å². The van der Waals surface area contributed by atoms with Gasteiger partial charge in [0.15, 0.2) is 0 Å². The molecule has 1 aliphatic heterocycles. The third kappa shape index (κ3) is 3.97. The van der Waals surface area contributed by atoms with Gasteiger partial charge in [0.1, 0.15) is 6.04 Å². The van der Waals surface area contributed by atoms with E-state index in [1.165, 1.54) is 18.1 Å². The van der Waals surface area contributed by atoms with Crippen molar-refractivity contribution >= 4 is 17.4 Å². The molecule has 1 unspecified atom stereocenters. The maximum Gasteiger partial charge on any atom is 0.245 e. The Hall–Kier alpha value is -2.10. The van der Waals surface area contributed by atoms with Crippen LogP contribution in [0.15, 0.2) is 36.4 Å². The normalized spacial score (nSPS) is 16.2. The Morgan fingerprint density at radius 1 is 1.18 bits per heavy atom. The molecule has 2 rings (SSSR count). The highest BCUT2D eigenvalue weighted by atomic mass is 16.2. The number of hydrogen-bond donors (Lipinski definition) is 1. The van der Waals surface area contributed by atoms with E-state index in [1.54, 1.807) is 0 Å². The van der Waals surface area contributed by atoms with E-state index in [1.807, 2.05) is 36.9 Å². The fraction of sp³-hybridized carbons (Fsp3) is 0.444. The molecule has 0 fully saturated rings. The van der Waals surface area contributed by atoms with Crippen molar-refractivity contribution in [2.24, 2.45) is 5.92 Å². The van der Waals surface area contributed by atoms with Crippen LogP contribution in [-0.4, -0.2) is 35.8 Å². The number of carbonyl (C=O) groups is 2. The van der Waals surface area contributed by atoms with E-state index in [4.69, 9.17) is 0 Å². The monoisotopic (exact) mass is 300 g/mol. The molecule has 22 heavy (non-hydrogen) atoms. The number of amides is 2. The largest absolute Gasteiger partial charge is 0.344 e. The molecule has 1 aromatic rings. The van der Waals surface area contributed by atoms with Crippen molar-refractivity contribution in [3.8, 4) is 0 Å². The fourth-order valence-electron chi connectivity index (χ4n) is 2.71. The highest BCUT2D eigenvalue weighted by molar-refractivity contribution is 5.87. The van der Waals surface area contributed by atoms with Crippen LogP contribution in [-0.2, 0) is 9.59 Å². The first-order valence-electron chi connectivity index (χ1n) is 7.79. The summed E-state index contributed by atoms with van der Waals surface area (Å²) in [6, 6.07) is 9.81. The Kier molecular flexibility index (Phi) is 5.36. The molecule has 1 aliphatic rings. The SMILES string of the molecule is CC(=O)NC(C(=O)N1CC=C(c2ccccc2)CC1)C(C)C. The summed E-state index contributed by atoms with van der Waals surface area (Å²) < 4.78 is 0. The third-order valence-corrected chi connectivity index (χ3v) is 3.96. The number of nitrogens with zero attached hydrogens (tertiary/aromatic N) is 1. The van der Waals surface area contributed by atoms with Crippen molar-refractivity contribution in [2.75, 3.05) is 13.1 Å². The van der Waals surface area contributed by atoms with Crippen molar-refractivity contribution in [1.29, 1.82) is 0 Å². The van der Waals surface area contributed by atoms with E-state index in [-0.39, 0.29) is 17.7 Å². The minimum atomic E-state index is -0.441. The molecule has 4 nitrogen and oxygen atoms in total. The lowest BCUT2D eigenvalue weighted by Gasteiger charge is -2.31. The molecule has 4 heteroatoms. The van der Waals surface area contributed by atoms with Crippen LogP contribution in [0.2, 0.25) is 0 Å². The van der Waals surface area contributed by atoms with E-state index in [9.17, 15) is 9.59 Å². The smallest absolute Gasteiger partial charge is 0.245 e. The Balaban J connectivity index is 2.05. The molecular weight excluding hydrogens is 276 g/mol. The van der Waals surface area contributed by atoms with Crippen LogP contribution in [0.4, 0.5) is 0 Å². The van der Waals surface area contributed by atoms with Gasteiger partial charge in [0.05, 0.1) is 0 Å². The van der Waals surface area contributed by atoms with Gasteiger partial charge in [-0.25, -0.2) is 0 Å². The summed E-state index contributed by atoms with van der Waals surface area (Å²) in [5.41, 5.74) is 2.50. The molecule has 0 spiro atoms. The number of benzene rings is 1. The molecule has 1 aromatic carbocycles. The summed E-state index contributed by atoms with van der Waals surface area (Å²) >= 11 is 0. The van der Waals surface area contributed by atoms with E-state index in [0.29, 0.717) is 13.1 Å². The summed E-state index contributed by atoms with van der Waals surface area (Å²) in [4.78, 5) is 25.7. The van der Waals surface area contributed by atoms with Gasteiger partial charge in [0, 0.05) is 20.0 Å². The molecule has 1 heterocycles. The Bertz CT molecular complexity index is 564. The van der Waals surface area contributed by atoms with Gasteiger partial charge < -0.3 is 10.2 Å². The number of nitrogens with one attached hydrogen (secondary N) is 1. The maximum absolute atomic E-state index is 12.6. The van der Waals surface area contributed by atoms with Crippen molar-refractivity contribution in [3.63, 3.8) is 0 Å². The minimum Gasteiger partial charge on any atom is -0.344 e. The van der Waals surface area contributed by atoms with Gasteiger partial charge >= 0.3 is 0 Å². The average molecular weight is 300 g/mol. The lowest BCUT2D eigenvalue weighted by atomic mass is 9.97. The molecule has 0 aromatic heterocycles. The van der Waals surface area contributed by atoms with E-state index in [2.05, 4.69) is 23.5 Å². The highest BCUT2D eigenvalue weighted by Crippen LogP contribution is 2.22. The zero-order valence-electron chi connectivity index (χ0n) is 13.5. The van der Waals surface area contributed by atoms with Crippen molar-refractivity contribution in [3.05, 3.63) is 42.0 Å². The molecule has 0 bridgehead atoms. The molecule has 0 saturated carbocycles. The zero-order valence-corrected chi connectivity index (χ0v) is 13.5. The van der Waals surface area contributed by atoms with E-state index in [0.717, 1.165) is 6.42 Å². The van der Waals surface area contributed by atoms with Crippen LogP contribution in [0.25, 0.3) is 5.57 Å². The first-order chi connectivity index (χ1) is 10.5. The first-order valence-corrected chi connectivity index (χ1v) is 7.79. The number of rotatable bonds is 4. The zero-order chi connectivity index (χ0) is 16.1. The summed E-state index contributed by atoms with van der Waals surface area (Å²) in [5.74, 6) is -0.0750. The Morgan fingerprint density at radius 3 is 2.36 bits per heavy atom. The highest BCUT2D eigenvalue weighted by Gasteiger charge is 2.28. The van der Waals surface area contributed by atoms with Gasteiger partial charge in [-0.2, -0.15) is 0 Å². The standard InChI is InChI=1S/C18H24N2O2/c1-13(2)17(19-14(3)21)18(22)20-11-9-16(10-12-20)15-7-5-4-6-8-15/h4-9,13,17H,10-12H2,1-3H3,(H,19,21). The minimum absolute atomic E-state index is 0.00793. The fourth-order valence-corrected chi connectivity index (χ4v) is 2.71. The summed E-state index contributed by atoms with van der Waals surface area (Å²) in [5, 5.41) is 2.77. The Morgan fingerprint density at radius 2 is 1.86 bits per heavy atom. The molecule has 1 atom stereocenters. The molecule has 0 saturated heterocycles. The Labute approximate surface area is 132 Å². The van der Waals surface area contributed by atoms with Crippen LogP contribution in [0.5, 0.6) is 0 Å². The van der Waals surface area contributed by atoms with Gasteiger partial charge in [0.25, 0.3) is 0 Å². The molecule has 118 valence electrons. The van der Waals surface area contributed by atoms with Gasteiger partial charge in [0.2, 0.25) is 11.8 Å². The van der Waals surface area contributed by atoms with Crippen LogP contribution < -0.4 is 5.32 Å². The second-order valence-corrected chi connectivity index (χ2v) is 6.05. The second-order valence-electron chi connectivity index (χ2n) is 6.05. The van der Waals surface area contributed by atoms with Gasteiger partial charge in [-0.05, 0) is 23.5 Å². The summed E-state index contributed by atoms with van der Waals surface area (Å²) in [7, 11) is 0. The van der Waals surface area contributed by atoms with Gasteiger partial charge in [-0.15, -0.1) is 0 Å². The molecule has 0 radical (unpaired) electrons. The number of hydrogen-bond acceptors (Lipinski definition) is 2. The molecular formula is C18H24N2O2. The van der Waals surface area contributed by atoms with Crippen LogP contribution >= 0.6 is 0 Å². The van der Waals surface area contributed by atoms with Crippen molar-refractivity contribution < 1.29 is 9.59 Å².